The zero-order valence-corrected chi connectivity index (χ0v) is 48.3. The maximum Gasteiger partial charge on any atom is 0.254 e. The van der Waals surface area contributed by atoms with Crippen LogP contribution in [0.2, 0.25) is 0 Å². The van der Waals surface area contributed by atoms with Crippen molar-refractivity contribution in [3.05, 3.63) is 140 Å². The maximum absolute atomic E-state index is 13.3. The van der Waals surface area contributed by atoms with Crippen LogP contribution in [0, 0.1) is 27.8 Å². The molecule has 0 aliphatic carbocycles. The number of aliphatic hydroxyl groups excluding tert-OH is 2. The number of Topliss-reactive ketones (excluding diaryl/α,β-unsaturated/α-hetero) is 2. The van der Waals surface area contributed by atoms with E-state index in [1.54, 1.807) is 62.8 Å². The SMILES string of the molecule is C#Cc1ccc(C(CO)OC)cc1.CNC(=O)[C@@](C)(C(=O)COC1CCCCO1)N(C)C(=O)c1ccc(C#Cc2ccc(C(CO)OC)cc2)cc1.CNC(=O)[C@@](C)(C(=O)COC1CCCCO1)N(C)C(=O)c1ccc(I)cc1. The molecule has 2 heterocycles. The monoisotopic (exact) mass is 1200 g/mol. The summed E-state index contributed by atoms with van der Waals surface area (Å²) in [5.74, 6) is 5.51. The molecule has 0 spiro atoms. The number of carbonyl (C=O) groups is 6. The Bertz CT molecular complexity index is 2720. The summed E-state index contributed by atoms with van der Waals surface area (Å²) in [7, 11) is 8.83. The van der Waals surface area contributed by atoms with Gasteiger partial charge in [0.1, 0.15) is 25.4 Å². The predicted molar refractivity (Wildman–Crippen MR) is 304 cm³/mol. The fourth-order valence-corrected chi connectivity index (χ4v) is 8.52. The lowest BCUT2D eigenvalue weighted by atomic mass is 9.92. The van der Waals surface area contributed by atoms with E-state index in [9.17, 15) is 33.9 Å². The lowest BCUT2D eigenvalue weighted by Crippen LogP contribution is -2.62. The highest BCUT2D eigenvalue weighted by Crippen LogP contribution is 2.24. The van der Waals surface area contributed by atoms with Crippen molar-refractivity contribution in [2.45, 2.75) is 88.2 Å². The molecule has 424 valence electrons. The molecule has 0 aromatic heterocycles. The first-order chi connectivity index (χ1) is 37.9. The van der Waals surface area contributed by atoms with Crippen LogP contribution in [0.25, 0.3) is 0 Å². The van der Waals surface area contributed by atoms with Crippen LogP contribution in [0.1, 0.15) is 113 Å². The number of ether oxygens (including phenoxy) is 6. The highest BCUT2D eigenvalue weighted by atomic mass is 127. The van der Waals surface area contributed by atoms with Gasteiger partial charge in [0.15, 0.2) is 35.2 Å². The zero-order chi connectivity index (χ0) is 58.1. The van der Waals surface area contributed by atoms with E-state index in [2.05, 4.69) is 51.0 Å². The number of aliphatic hydroxyl groups is 2. The molecule has 0 bridgehead atoms. The van der Waals surface area contributed by atoms with Crippen molar-refractivity contribution in [3.8, 4) is 24.2 Å². The third-order valence-corrected chi connectivity index (χ3v) is 14.4. The Balaban J connectivity index is 0.000000289. The van der Waals surface area contributed by atoms with E-state index in [1.807, 2.05) is 48.5 Å². The van der Waals surface area contributed by atoms with Gasteiger partial charge in [-0.15, -0.1) is 6.42 Å². The summed E-state index contributed by atoms with van der Waals surface area (Å²) in [5, 5.41) is 23.3. The van der Waals surface area contributed by atoms with Gasteiger partial charge in [-0.1, -0.05) is 42.0 Å². The minimum atomic E-state index is -1.77. The molecule has 4 aromatic carbocycles. The Kier molecular flexibility index (Phi) is 26.9. The number of rotatable bonds is 20. The van der Waals surface area contributed by atoms with E-state index in [0.717, 1.165) is 56.4 Å². The lowest BCUT2D eigenvalue weighted by Gasteiger charge is -2.36. The van der Waals surface area contributed by atoms with Crippen LogP contribution in [-0.2, 0) is 47.6 Å². The first-order valence-electron chi connectivity index (χ1n) is 25.7. The number of benzene rings is 4. The molecule has 2 aliphatic rings. The number of terminal acetylenes is 1. The topological polar surface area (TPSA) is 229 Å². The van der Waals surface area contributed by atoms with Crippen molar-refractivity contribution in [3.63, 3.8) is 0 Å². The van der Waals surface area contributed by atoms with Gasteiger partial charge < -0.3 is 59.1 Å². The van der Waals surface area contributed by atoms with Crippen molar-refractivity contribution in [2.24, 2.45) is 0 Å². The molecule has 4 amide bonds. The molecule has 2 fully saturated rings. The van der Waals surface area contributed by atoms with E-state index in [-0.39, 0.29) is 38.6 Å². The smallest absolute Gasteiger partial charge is 0.254 e. The van der Waals surface area contributed by atoms with Crippen molar-refractivity contribution >= 4 is 57.8 Å². The summed E-state index contributed by atoms with van der Waals surface area (Å²) in [6, 6.07) is 28.3. The van der Waals surface area contributed by atoms with Crippen LogP contribution in [-0.4, -0.2) is 161 Å². The molecule has 6 atom stereocenters. The second kappa shape index (κ2) is 32.6. The Morgan fingerprint density at radius 2 is 0.975 bits per heavy atom. The van der Waals surface area contributed by atoms with Crippen molar-refractivity contribution in [1.29, 1.82) is 0 Å². The van der Waals surface area contributed by atoms with E-state index in [0.29, 0.717) is 42.7 Å². The number of nitrogens with zero attached hydrogens (tertiary/aromatic N) is 2. The zero-order valence-electron chi connectivity index (χ0n) is 46.2. The molecule has 18 nitrogen and oxygen atoms in total. The van der Waals surface area contributed by atoms with Gasteiger partial charge in [-0.25, -0.2) is 0 Å². The number of hydrogen-bond acceptors (Lipinski definition) is 14. The summed E-state index contributed by atoms with van der Waals surface area (Å²) in [6.07, 6.45) is 8.84. The molecule has 19 heteroatoms. The van der Waals surface area contributed by atoms with E-state index in [4.69, 9.17) is 40.0 Å². The van der Waals surface area contributed by atoms with Gasteiger partial charge in [-0.05, 0) is 159 Å². The molecule has 2 aliphatic heterocycles. The summed E-state index contributed by atoms with van der Waals surface area (Å²) in [4.78, 5) is 79.9. The first-order valence-corrected chi connectivity index (χ1v) is 26.8. The lowest BCUT2D eigenvalue weighted by molar-refractivity contribution is -0.174. The van der Waals surface area contributed by atoms with E-state index >= 15 is 0 Å². The second-order valence-electron chi connectivity index (χ2n) is 18.6. The number of halogens is 1. The Hall–Kier alpha value is -6.37. The Morgan fingerprint density at radius 3 is 1.29 bits per heavy atom. The first kappa shape index (κ1) is 65.2. The molecule has 6 rings (SSSR count). The van der Waals surface area contributed by atoms with Gasteiger partial charge in [-0.3, -0.25) is 28.8 Å². The third kappa shape index (κ3) is 18.1. The van der Waals surface area contributed by atoms with E-state index in [1.165, 1.54) is 46.9 Å². The van der Waals surface area contributed by atoms with Crippen molar-refractivity contribution in [1.82, 2.24) is 20.4 Å². The standard InChI is InChI=1S/C30H36N2O7.C19H25IN2O5.C11H12O2/c1-30(29(36)31-2,26(34)20-39-27-7-5-6-18-38-27)32(3)28(35)24-16-12-22(13-17-24)9-8-21-10-14-23(15-11-21)25(19-33)37-4;1-19(18(25)21-2,15(23)12-27-16-6-4-5-11-26-16)22(3)17(24)13-7-9-14(20)10-8-13;1-3-9-4-6-10(7-5-9)11(8-12)13-2/h10-17,25,27,33H,5-7,18-20H2,1-4H3,(H,31,36);7-10,16H,4-6,11-12H2,1-3H3,(H,21,25);1,4-7,11-12H,8H2,2H3/t25?,27?,30-;16?,19-;/m11./s1. The minimum Gasteiger partial charge on any atom is -0.393 e. The number of carbonyl (C=O) groups excluding carboxylic acids is 6. The summed E-state index contributed by atoms with van der Waals surface area (Å²) in [6.45, 7) is 3.22. The summed E-state index contributed by atoms with van der Waals surface area (Å²) < 4.78 is 33.4. The van der Waals surface area contributed by atoms with Crippen molar-refractivity contribution in [2.75, 3.05) is 82.1 Å². The van der Waals surface area contributed by atoms with Gasteiger partial charge in [0.2, 0.25) is 0 Å². The fraction of sp³-hybridized carbons (Fsp3) is 0.433. The van der Waals surface area contributed by atoms with Gasteiger partial charge in [0.25, 0.3) is 23.6 Å². The van der Waals surface area contributed by atoms with E-state index < -0.39 is 58.9 Å². The number of ketones is 2. The number of hydrogen-bond donors (Lipinski definition) is 4. The van der Waals surface area contributed by atoms with Crippen LogP contribution < -0.4 is 10.6 Å². The van der Waals surface area contributed by atoms with Gasteiger partial charge in [0, 0.05) is 87.0 Å². The van der Waals surface area contributed by atoms with Crippen LogP contribution in [0.3, 0.4) is 0 Å². The molecule has 0 saturated carbocycles. The van der Waals surface area contributed by atoms with Crippen LogP contribution in [0.5, 0.6) is 0 Å². The Labute approximate surface area is 477 Å². The molecular formula is C60H73IN4O14. The highest BCUT2D eigenvalue weighted by Gasteiger charge is 2.48. The number of amides is 4. The van der Waals surface area contributed by atoms with Crippen LogP contribution >= 0.6 is 22.6 Å². The minimum absolute atomic E-state index is 0.0219. The van der Waals surface area contributed by atoms with Crippen LogP contribution in [0.4, 0.5) is 0 Å². The van der Waals surface area contributed by atoms with Crippen LogP contribution in [0.15, 0.2) is 97.1 Å². The summed E-state index contributed by atoms with van der Waals surface area (Å²) in [5.41, 5.74) is 1.33. The number of methoxy groups -OCH3 is 2. The van der Waals surface area contributed by atoms with Gasteiger partial charge >= 0.3 is 0 Å². The second-order valence-corrected chi connectivity index (χ2v) is 19.9. The van der Waals surface area contributed by atoms with Gasteiger partial charge in [-0.2, -0.15) is 0 Å². The van der Waals surface area contributed by atoms with Gasteiger partial charge in [0.05, 0.1) is 13.2 Å². The predicted octanol–water partition coefficient (Wildman–Crippen LogP) is 5.78. The molecule has 2 saturated heterocycles. The Morgan fingerprint density at radius 1 is 0.620 bits per heavy atom. The molecule has 4 aromatic rings. The third-order valence-electron chi connectivity index (χ3n) is 13.7. The number of likely N-dealkylation sites (N-methyl/N-ethyl adjacent to an activating group) is 4. The number of nitrogens with one attached hydrogen (secondary N) is 2. The quantitative estimate of drug-likeness (QED) is 0.0467. The van der Waals surface area contributed by atoms with Crippen molar-refractivity contribution < 1.29 is 67.4 Å². The molecule has 79 heavy (non-hydrogen) atoms. The summed E-state index contributed by atoms with van der Waals surface area (Å²) >= 11 is 2.14. The molecule has 4 N–H and O–H groups in total. The maximum atomic E-state index is 13.3. The fourth-order valence-electron chi connectivity index (χ4n) is 8.16. The molecular weight excluding hydrogens is 1130 g/mol. The molecule has 0 radical (unpaired) electrons. The highest BCUT2D eigenvalue weighted by molar-refractivity contribution is 14.1. The largest absolute Gasteiger partial charge is 0.393 e. The molecule has 4 unspecified atom stereocenters. The average Bonchev–Trinajstić information content (AvgIpc) is 3.51. The normalized spacial score (nSPS) is 17.0. The average molecular weight is 1200 g/mol.